The molecule has 1 heterocycles. The van der Waals surface area contributed by atoms with Crippen LogP contribution in [-0.4, -0.2) is 17.4 Å². The van der Waals surface area contributed by atoms with Crippen LogP contribution in [-0.2, 0) is 23.1 Å². The van der Waals surface area contributed by atoms with Gasteiger partial charge in [-0.05, 0) is 103 Å². The number of halogens is 2. The minimum atomic E-state index is 0.106. The van der Waals surface area contributed by atoms with Crippen LogP contribution < -0.4 is 4.74 Å². The van der Waals surface area contributed by atoms with E-state index in [4.69, 9.17) is 27.9 Å². The third-order valence-electron chi connectivity index (χ3n) is 7.10. The standard InChI is InChI=1S/C29H29Cl2NO2/c30-26-18-21(27(31)17-20(26)5-3-4-16-33)10-12-29(13-14-29)25-19-32-15-11-23(25)24-6-1-2-7-28(24)34-22-8-9-22/h1-2,6-7,11,15-19,22H,3-5,8-10,12-14H2. The van der Waals surface area contributed by atoms with Gasteiger partial charge >= 0.3 is 0 Å². The molecular formula is C29H29Cl2NO2. The summed E-state index contributed by atoms with van der Waals surface area (Å²) in [6, 6.07) is 14.5. The minimum Gasteiger partial charge on any atom is -0.490 e. The van der Waals surface area contributed by atoms with Crippen LogP contribution in [0.5, 0.6) is 5.75 Å². The summed E-state index contributed by atoms with van der Waals surface area (Å²) in [7, 11) is 0. The van der Waals surface area contributed by atoms with Crippen molar-refractivity contribution in [3.05, 3.63) is 81.6 Å². The van der Waals surface area contributed by atoms with Crippen molar-refractivity contribution in [1.29, 1.82) is 0 Å². The van der Waals surface area contributed by atoms with Gasteiger partial charge in [0.05, 0.1) is 6.10 Å². The van der Waals surface area contributed by atoms with Crippen molar-refractivity contribution >= 4 is 29.5 Å². The number of pyridine rings is 1. The molecule has 0 bridgehead atoms. The van der Waals surface area contributed by atoms with Crippen LogP contribution in [0.25, 0.3) is 11.1 Å². The Morgan fingerprint density at radius 2 is 1.74 bits per heavy atom. The highest BCUT2D eigenvalue weighted by molar-refractivity contribution is 6.34. The van der Waals surface area contributed by atoms with Crippen molar-refractivity contribution in [3.63, 3.8) is 0 Å². The average Bonchev–Trinajstić information content (AvgIpc) is 3.78. The smallest absolute Gasteiger partial charge is 0.127 e. The summed E-state index contributed by atoms with van der Waals surface area (Å²) in [5.41, 5.74) is 5.88. The Morgan fingerprint density at radius 1 is 1.00 bits per heavy atom. The quantitative estimate of drug-likeness (QED) is 0.202. The molecule has 5 heteroatoms. The van der Waals surface area contributed by atoms with Gasteiger partial charge in [0.1, 0.15) is 12.0 Å². The van der Waals surface area contributed by atoms with E-state index in [2.05, 4.69) is 29.2 Å². The van der Waals surface area contributed by atoms with E-state index >= 15 is 0 Å². The van der Waals surface area contributed by atoms with Crippen LogP contribution in [0.3, 0.4) is 0 Å². The van der Waals surface area contributed by atoms with Gasteiger partial charge in [0, 0.05) is 34.4 Å². The number of para-hydroxylation sites is 1. The van der Waals surface area contributed by atoms with Crippen molar-refractivity contribution in [3.8, 4) is 16.9 Å². The first-order valence-electron chi connectivity index (χ1n) is 12.2. The summed E-state index contributed by atoms with van der Waals surface area (Å²) < 4.78 is 6.23. The van der Waals surface area contributed by atoms with Crippen molar-refractivity contribution in [2.24, 2.45) is 0 Å². The van der Waals surface area contributed by atoms with E-state index in [0.717, 1.165) is 90.1 Å². The Hall–Kier alpha value is -2.36. The number of rotatable bonds is 11. The number of aldehydes is 1. The van der Waals surface area contributed by atoms with E-state index in [0.29, 0.717) is 12.5 Å². The highest BCUT2D eigenvalue weighted by Gasteiger charge is 2.45. The van der Waals surface area contributed by atoms with Crippen molar-refractivity contribution in [1.82, 2.24) is 4.98 Å². The zero-order valence-corrected chi connectivity index (χ0v) is 20.7. The molecule has 2 aliphatic rings. The molecule has 3 aromatic rings. The van der Waals surface area contributed by atoms with Gasteiger partial charge in [0.25, 0.3) is 0 Å². The summed E-state index contributed by atoms with van der Waals surface area (Å²) in [6.45, 7) is 0. The number of benzene rings is 2. The van der Waals surface area contributed by atoms with Gasteiger partial charge in [0.2, 0.25) is 0 Å². The predicted molar refractivity (Wildman–Crippen MR) is 138 cm³/mol. The fourth-order valence-corrected chi connectivity index (χ4v) is 5.34. The number of aryl methyl sites for hydroxylation is 2. The van der Waals surface area contributed by atoms with Crippen LogP contribution in [0.1, 0.15) is 61.6 Å². The van der Waals surface area contributed by atoms with Crippen LogP contribution in [0.4, 0.5) is 0 Å². The topological polar surface area (TPSA) is 39.2 Å². The molecule has 176 valence electrons. The van der Waals surface area contributed by atoms with Crippen molar-refractivity contribution in [2.75, 3.05) is 0 Å². The zero-order valence-electron chi connectivity index (χ0n) is 19.2. The summed E-state index contributed by atoms with van der Waals surface area (Å²) >= 11 is 13.2. The average molecular weight is 494 g/mol. The Labute approximate surface area is 211 Å². The molecule has 0 radical (unpaired) electrons. The van der Waals surface area contributed by atoms with Crippen molar-refractivity contribution < 1.29 is 9.53 Å². The highest BCUT2D eigenvalue weighted by Crippen LogP contribution is 2.55. The SMILES string of the molecule is O=CCCCc1cc(Cl)c(CCC2(c3cnccc3-c3ccccc3OC3CC3)CC2)cc1Cl. The molecule has 2 saturated carbocycles. The Bertz CT molecular complexity index is 1180. The second-order valence-electron chi connectivity index (χ2n) is 9.61. The lowest BCUT2D eigenvalue weighted by molar-refractivity contribution is -0.107. The van der Waals surface area contributed by atoms with E-state index in [-0.39, 0.29) is 5.41 Å². The van der Waals surface area contributed by atoms with Crippen LogP contribution in [0.15, 0.2) is 54.9 Å². The van der Waals surface area contributed by atoms with Gasteiger partial charge < -0.3 is 9.53 Å². The fourth-order valence-electron chi connectivity index (χ4n) is 4.78. The van der Waals surface area contributed by atoms with E-state index in [1.807, 2.05) is 30.6 Å². The molecule has 0 amide bonds. The van der Waals surface area contributed by atoms with Gasteiger partial charge in [-0.15, -0.1) is 0 Å². The lowest BCUT2D eigenvalue weighted by atomic mass is 9.85. The number of carbonyl (C=O) groups is 1. The van der Waals surface area contributed by atoms with E-state index < -0.39 is 0 Å². The molecule has 0 aliphatic heterocycles. The minimum absolute atomic E-state index is 0.106. The van der Waals surface area contributed by atoms with Gasteiger partial charge in [-0.2, -0.15) is 0 Å². The fraction of sp³-hybridized carbons (Fsp3) is 0.379. The monoisotopic (exact) mass is 493 g/mol. The van der Waals surface area contributed by atoms with E-state index in [9.17, 15) is 4.79 Å². The maximum atomic E-state index is 10.6. The van der Waals surface area contributed by atoms with Crippen LogP contribution in [0, 0.1) is 0 Å². The lowest BCUT2D eigenvalue weighted by Gasteiger charge is -2.21. The third kappa shape index (κ3) is 5.16. The number of unbranched alkanes of at least 4 members (excludes halogenated alkanes) is 1. The number of ether oxygens (including phenoxy) is 1. The molecule has 2 aliphatic carbocycles. The molecule has 0 saturated heterocycles. The summed E-state index contributed by atoms with van der Waals surface area (Å²) in [6.07, 6.45) is 13.8. The normalized spacial score (nSPS) is 16.3. The van der Waals surface area contributed by atoms with Gasteiger partial charge in [-0.3, -0.25) is 4.98 Å². The Balaban J connectivity index is 1.37. The lowest BCUT2D eigenvalue weighted by Crippen LogP contribution is -2.11. The number of hydrogen-bond acceptors (Lipinski definition) is 3. The molecule has 1 aromatic heterocycles. The van der Waals surface area contributed by atoms with Crippen LogP contribution >= 0.6 is 23.2 Å². The zero-order chi connectivity index (χ0) is 23.5. The number of nitrogens with zero attached hydrogens (tertiary/aromatic N) is 1. The Morgan fingerprint density at radius 3 is 2.44 bits per heavy atom. The molecule has 34 heavy (non-hydrogen) atoms. The summed E-state index contributed by atoms with van der Waals surface area (Å²) in [4.78, 5) is 15.1. The first kappa shape index (κ1) is 23.4. The molecule has 3 nitrogen and oxygen atoms in total. The van der Waals surface area contributed by atoms with Gasteiger partial charge in [-0.1, -0.05) is 41.4 Å². The van der Waals surface area contributed by atoms with Crippen LogP contribution in [0.2, 0.25) is 10.0 Å². The number of hydrogen-bond donors (Lipinski definition) is 0. The molecule has 0 spiro atoms. The molecule has 0 N–H and O–H groups in total. The van der Waals surface area contributed by atoms with Gasteiger partial charge in [0.15, 0.2) is 0 Å². The van der Waals surface area contributed by atoms with E-state index in [1.54, 1.807) is 0 Å². The Kier molecular flexibility index (Phi) is 6.94. The maximum Gasteiger partial charge on any atom is 0.127 e. The molecule has 2 fully saturated rings. The third-order valence-corrected chi connectivity index (χ3v) is 7.80. The molecular weight excluding hydrogens is 465 g/mol. The molecule has 5 rings (SSSR count). The van der Waals surface area contributed by atoms with Gasteiger partial charge in [-0.25, -0.2) is 0 Å². The summed E-state index contributed by atoms with van der Waals surface area (Å²) in [5.74, 6) is 0.966. The second-order valence-corrected chi connectivity index (χ2v) is 10.4. The molecule has 2 aromatic carbocycles. The predicted octanol–water partition coefficient (Wildman–Crippen LogP) is 7.78. The molecule has 0 atom stereocenters. The number of carbonyl (C=O) groups excluding carboxylic acids is 1. The molecule has 0 unspecified atom stereocenters. The summed E-state index contributed by atoms with van der Waals surface area (Å²) in [5, 5.41) is 1.50. The first-order chi connectivity index (χ1) is 16.6. The van der Waals surface area contributed by atoms with Crippen molar-refractivity contribution in [2.45, 2.75) is 69.3 Å². The second kappa shape index (κ2) is 10.1. The highest BCUT2D eigenvalue weighted by atomic mass is 35.5. The largest absolute Gasteiger partial charge is 0.490 e. The number of aromatic nitrogens is 1. The maximum absolute atomic E-state index is 10.6. The first-order valence-corrected chi connectivity index (χ1v) is 13.0. The van der Waals surface area contributed by atoms with E-state index in [1.165, 1.54) is 11.1 Å².